The number of para-hydroxylation sites is 1. The molecule has 152 valence electrons. The molecule has 2 aliphatic rings. The first-order chi connectivity index (χ1) is 14.1. The molecular weight excluding hydrogens is 370 g/mol. The number of nitrogens with zero attached hydrogens (tertiary/aromatic N) is 5. The molecule has 29 heavy (non-hydrogen) atoms. The van der Waals surface area contributed by atoms with Crippen LogP contribution in [0.25, 0.3) is 0 Å². The van der Waals surface area contributed by atoms with E-state index in [4.69, 9.17) is 0 Å². The minimum atomic E-state index is -0.445. The molecule has 0 bridgehead atoms. The smallest absolute Gasteiger partial charge is 0.287 e. The van der Waals surface area contributed by atoms with Gasteiger partial charge >= 0.3 is 0 Å². The normalized spacial score (nSPS) is 18.0. The van der Waals surface area contributed by atoms with Gasteiger partial charge in [0.2, 0.25) is 5.91 Å². The van der Waals surface area contributed by atoms with Crippen molar-refractivity contribution in [3.05, 3.63) is 58.8 Å². The van der Waals surface area contributed by atoms with Gasteiger partial charge < -0.3 is 14.7 Å². The van der Waals surface area contributed by atoms with Crippen LogP contribution in [0.5, 0.6) is 0 Å². The zero-order valence-corrected chi connectivity index (χ0v) is 16.3. The second kappa shape index (κ2) is 8.46. The number of piperazine rings is 1. The lowest BCUT2D eigenvalue weighted by molar-refractivity contribution is -0.385. The number of pyridine rings is 1. The molecule has 4 rings (SSSR count). The molecule has 1 aromatic heterocycles. The van der Waals surface area contributed by atoms with Gasteiger partial charge in [0.05, 0.1) is 4.92 Å². The highest BCUT2D eigenvalue weighted by Gasteiger charge is 2.30. The third-order valence-corrected chi connectivity index (χ3v) is 5.82. The van der Waals surface area contributed by atoms with Crippen LogP contribution in [-0.2, 0) is 4.79 Å². The van der Waals surface area contributed by atoms with Gasteiger partial charge in [0, 0.05) is 56.9 Å². The van der Waals surface area contributed by atoms with Crippen LogP contribution in [-0.4, -0.2) is 60.0 Å². The van der Waals surface area contributed by atoms with Gasteiger partial charge in [-0.3, -0.25) is 14.9 Å². The fourth-order valence-corrected chi connectivity index (χ4v) is 4.11. The summed E-state index contributed by atoms with van der Waals surface area (Å²) in [7, 11) is 0. The number of rotatable bonds is 4. The zero-order chi connectivity index (χ0) is 20.2. The molecule has 0 aliphatic carbocycles. The van der Waals surface area contributed by atoms with Crippen LogP contribution in [0.1, 0.15) is 12.8 Å². The van der Waals surface area contributed by atoms with Crippen molar-refractivity contribution in [2.45, 2.75) is 12.8 Å². The molecule has 2 aromatic rings. The molecule has 1 amide bonds. The maximum atomic E-state index is 13.0. The van der Waals surface area contributed by atoms with Gasteiger partial charge in [-0.15, -0.1) is 0 Å². The number of hydrogen-bond donors (Lipinski definition) is 0. The van der Waals surface area contributed by atoms with Crippen LogP contribution >= 0.6 is 0 Å². The van der Waals surface area contributed by atoms with E-state index in [1.54, 1.807) is 6.07 Å². The Kier molecular flexibility index (Phi) is 5.59. The number of piperidine rings is 1. The van der Waals surface area contributed by atoms with E-state index in [1.807, 2.05) is 23.1 Å². The van der Waals surface area contributed by atoms with Gasteiger partial charge in [-0.1, -0.05) is 18.2 Å². The van der Waals surface area contributed by atoms with Crippen LogP contribution in [0.2, 0.25) is 0 Å². The summed E-state index contributed by atoms with van der Waals surface area (Å²) in [6, 6.07) is 13.5. The van der Waals surface area contributed by atoms with E-state index in [9.17, 15) is 14.9 Å². The summed E-state index contributed by atoms with van der Waals surface area (Å²) in [5, 5.41) is 10.8. The van der Waals surface area contributed by atoms with E-state index in [0.717, 1.165) is 57.9 Å². The molecule has 2 saturated heterocycles. The van der Waals surface area contributed by atoms with E-state index in [2.05, 4.69) is 26.9 Å². The van der Waals surface area contributed by atoms with Gasteiger partial charge in [-0.05, 0) is 31.0 Å². The maximum absolute atomic E-state index is 13.0. The SMILES string of the molecule is O=C(C1CCN(c2ccc([N+](=O)[O-])cn2)CC1)N1CCN(c2ccccc2)CC1. The minimum absolute atomic E-state index is 0.00606. The molecular formula is C21H25N5O3. The van der Waals surface area contributed by atoms with E-state index < -0.39 is 4.92 Å². The molecule has 0 atom stereocenters. The molecule has 3 heterocycles. The third kappa shape index (κ3) is 4.31. The number of hydrogen-bond acceptors (Lipinski definition) is 6. The predicted molar refractivity (Wildman–Crippen MR) is 111 cm³/mol. The van der Waals surface area contributed by atoms with E-state index >= 15 is 0 Å². The molecule has 2 aliphatic heterocycles. The third-order valence-electron chi connectivity index (χ3n) is 5.82. The van der Waals surface area contributed by atoms with Crippen molar-refractivity contribution in [1.82, 2.24) is 9.88 Å². The summed E-state index contributed by atoms with van der Waals surface area (Å²) in [5.74, 6) is 1.04. The van der Waals surface area contributed by atoms with Gasteiger partial charge in [-0.25, -0.2) is 4.98 Å². The van der Waals surface area contributed by atoms with E-state index in [1.165, 1.54) is 18.0 Å². The molecule has 2 fully saturated rings. The molecule has 0 saturated carbocycles. The fraction of sp³-hybridized carbons (Fsp3) is 0.429. The highest BCUT2D eigenvalue weighted by Crippen LogP contribution is 2.25. The summed E-state index contributed by atoms with van der Waals surface area (Å²) >= 11 is 0. The predicted octanol–water partition coefficient (Wildman–Crippen LogP) is 2.56. The van der Waals surface area contributed by atoms with E-state index in [0.29, 0.717) is 0 Å². The molecule has 0 radical (unpaired) electrons. The molecule has 1 aromatic carbocycles. The van der Waals surface area contributed by atoms with Gasteiger partial charge in [-0.2, -0.15) is 0 Å². The second-order valence-corrected chi connectivity index (χ2v) is 7.54. The van der Waals surface area contributed by atoms with Crippen molar-refractivity contribution < 1.29 is 9.72 Å². The Morgan fingerprint density at radius 1 is 0.931 bits per heavy atom. The Bertz CT molecular complexity index is 842. The monoisotopic (exact) mass is 395 g/mol. The second-order valence-electron chi connectivity index (χ2n) is 7.54. The molecule has 8 nitrogen and oxygen atoms in total. The van der Waals surface area contributed by atoms with Crippen LogP contribution in [0.3, 0.4) is 0 Å². The van der Waals surface area contributed by atoms with E-state index in [-0.39, 0.29) is 17.5 Å². The Hall–Kier alpha value is -3.16. The number of carbonyl (C=O) groups excluding carboxylic acids is 1. The quantitative estimate of drug-likeness (QED) is 0.584. The average molecular weight is 395 g/mol. The number of carbonyl (C=O) groups is 1. The Morgan fingerprint density at radius 2 is 1.62 bits per heavy atom. The highest BCUT2D eigenvalue weighted by atomic mass is 16.6. The van der Waals surface area contributed by atoms with Crippen molar-refractivity contribution in [1.29, 1.82) is 0 Å². The van der Waals surface area contributed by atoms with Crippen molar-refractivity contribution in [3.63, 3.8) is 0 Å². The molecule has 0 spiro atoms. The number of anilines is 2. The fourth-order valence-electron chi connectivity index (χ4n) is 4.11. The lowest BCUT2D eigenvalue weighted by Gasteiger charge is -2.39. The first-order valence-electron chi connectivity index (χ1n) is 10.1. The summed E-state index contributed by atoms with van der Waals surface area (Å²) in [6.07, 6.45) is 2.87. The number of benzene rings is 1. The van der Waals surface area contributed by atoms with Crippen molar-refractivity contribution in [2.24, 2.45) is 5.92 Å². The Balaban J connectivity index is 1.28. The van der Waals surface area contributed by atoms with Gasteiger partial charge in [0.25, 0.3) is 5.69 Å². The zero-order valence-electron chi connectivity index (χ0n) is 16.3. The molecule has 0 N–H and O–H groups in total. The highest BCUT2D eigenvalue weighted by molar-refractivity contribution is 5.79. The van der Waals surface area contributed by atoms with Crippen LogP contribution in [0.4, 0.5) is 17.2 Å². The number of aromatic nitrogens is 1. The summed E-state index contributed by atoms with van der Waals surface area (Å²) in [5.41, 5.74) is 1.21. The lowest BCUT2D eigenvalue weighted by Crippen LogP contribution is -2.51. The number of nitro groups is 1. The summed E-state index contributed by atoms with van der Waals surface area (Å²) in [6.45, 7) is 4.73. The molecule has 8 heteroatoms. The standard InChI is InChI=1S/C21H25N5O3/c27-21(25-14-12-23(13-15-25)18-4-2-1-3-5-18)17-8-10-24(11-9-17)20-7-6-19(16-22-20)26(28)29/h1-7,16-17H,8-15H2. The van der Waals surface area contributed by atoms with Crippen molar-refractivity contribution in [2.75, 3.05) is 49.1 Å². The maximum Gasteiger partial charge on any atom is 0.287 e. The summed E-state index contributed by atoms with van der Waals surface area (Å²) in [4.78, 5) is 33.9. The first kappa shape index (κ1) is 19.2. The largest absolute Gasteiger partial charge is 0.368 e. The summed E-state index contributed by atoms with van der Waals surface area (Å²) < 4.78 is 0. The average Bonchev–Trinajstić information content (AvgIpc) is 2.79. The van der Waals surface area contributed by atoms with Crippen LogP contribution < -0.4 is 9.80 Å². The van der Waals surface area contributed by atoms with Gasteiger partial charge in [0.15, 0.2) is 0 Å². The number of amides is 1. The lowest BCUT2D eigenvalue weighted by atomic mass is 9.95. The van der Waals surface area contributed by atoms with Crippen molar-refractivity contribution in [3.8, 4) is 0 Å². The first-order valence-corrected chi connectivity index (χ1v) is 10.1. The van der Waals surface area contributed by atoms with Gasteiger partial charge in [0.1, 0.15) is 12.0 Å². The minimum Gasteiger partial charge on any atom is -0.368 e. The topological polar surface area (TPSA) is 82.8 Å². The molecule has 0 unspecified atom stereocenters. The Morgan fingerprint density at radius 3 is 2.21 bits per heavy atom. The van der Waals surface area contributed by atoms with Crippen LogP contribution in [0.15, 0.2) is 48.7 Å². The Labute approximate surface area is 169 Å². The van der Waals surface area contributed by atoms with Crippen molar-refractivity contribution >= 4 is 23.1 Å². The van der Waals surface area contributed by atoms with Crippen LogP contribution in [0, 0.1) is 16.0 Å².